The van der Waals surface area contributed by atoms with Crippen molar-refractivity contribution in [3.8, 4) is 0 Å². The Bertz CT molecular complexity index is 1330. The van der Waals surface area contributed by atoms with Gasteiger partial charge in [-0.1, -0.05) is 17.7 Å². The van der Waals surface area contributed by atoms with E-state index in [1.165, 1.54) is 16.5 Å². The van der Waals surface area contributed by atoms with E-state index in [0.29, 0.717) is 17.2 Å². The van der Waals surface area contributed by atoms with Gasteiger partial charge < -0.3 is 15.6 Å². The number of rotatable bonds is 7. The van der Waals surface area contributed by atoms with Gasteiger partial charge in [-0.05, 0) is 86.1 Å². The summed E-state index contributed by atoms with van der Waals surface area (Å²) in [5.41, 5.74) is 9.44. The van der Waals surface area contributed by atoms with Crippen molar-refractivity contribution < 1.29 is 4.79 Å². The second-order valence-electron chi connectivity index (χ2n) is 8.03. The Kier molecular flexibility index (Phi) is 7.29. The summed E-state index contributed by atoms with van der Waals surface area (Å²) >= 11 is 5.26. The van der Waals surface area contributed by atoms with Crippen molar-refractivity contribution in [1.82, 2.24) is 20.7 Å². The van der Waals surface area contributed by atoms with Gasteiger partial charge >= 0.3 is 0 Å². The molecule has 0 fully saturated rings. The zero-order valence-electron chi connectivity index (χ0n) is 19.1. The predicted octanol–water partition coefficient (Wildman–Crippen LogP) is 4.47. The topological polar surface area (TPSA) is 94.2 Å². The van der Waals surface area contributed by atoms with Crippen molar-refractivity contribution in [1.29, 1.82) is 0 Å². The fraction of sp³-hybridized carbons (Fsp3) is 0.154. The number of H-pyrrole nitrogens is 1. The average Bonchev–Trinajstić information content (AvgIpc) is 3.23. The second kappa shape index (κ2) is 10.7. The number of pyridine rings is 1. The Morgan fingerprint density at radius 3 is 2.65 bits per heavy atom. The molecule has 0 spiro atoms. The minimum absolute atomic E-state index is 0.113. The van der Waals surface area contributed by atoms with Crippen molar-refractivity contribution in [3.63, 3.8) is 0 Å². The lowest BCUT2D eigenvalue weighted by Crippen LogP contribution is -2.26. The van der Waals surface area contributed by atoms with Gasteiger partial charge in [0.25, 0.3) is 5.91 Å². The van der Waals surface area contributed by atoms with Crippen LogP contribution >= 0.6 is 12.2 Å². The normalized spacial score (nSPS) is 11.0. The van der Waals surface area contributed by atoms with Gasteiger partial charge in [0.1, 0.15) is 0 Å². The monoisotopic (exact) mass is 470 g/mol. The molecule has 0 aliphatic heterocycles. The predicted molar refractivity (Wildman–Crippen MR) is 141 cm³/mol. The number of hydrogen-bond acceptors (Lipinski definition) is 4. The molecule has 0 saturated carbocycles. The Morgan fingerprint density at radius 1 is 1.09 bits per heavy atom. The number of fused-ring (bicyclic) bond motifs is 1. The van der Waals surface area contributed by atoms with Crippen molar-refractivity contribution in [3.05, 3.63) is 94.9 Å². The van der Waals surface area contributed by atoms with E-state index in [1.54, 1.807) is 36.7 Å². The van der Waals surface area contributed by atoms with E-state index in [1.807, 2.05) is 25.3 Å². The summed E-state index contributed by atoms with van der Waals surface area (Å²) in [7, 11) is 0. The lowest BCUT2D eigenvalue weighted by molar-refractivity contribution is 0.0954. The van der Waals surface area contributed by atoms with E-state index in [0.717, 1.165) is 28.9 Å². The van der Waals surface area contributed by atoms with Gasteiger partial charge in [0.15, 0.2) is 5.11 Å². The average molecular weight is 471 g/mol. The number of hydrogen-bond donors (Lipinski definition) is 4. The fourth-order valence-electron chi connectivity index (χ4n) is 3.49. The lowest BCUT2D eigenvalue weighted by Gasteiger charge is -2.09. The fourth-order valence-corrected chi connectivity index (χ4v) is 3.66. The number of hydrazone groups is 1. The third kappa shape index (κ3) is 6.05. The number of anilines is 1. The van der Waals surface area contributed by atoms with Crippen LogP contribution in [0.3, 0.4) is 0 Å². The van der Waals surface area contributed by atoms with Crippen molar-refractivity contribution >= 4 is 46.0 Å². The number of carbonyl (C=O) groups excluding carboxylic acids is 1. The molecule has 7 nitrogen and oxygen atoms in total. The van der Waals surface area contributed by atoms with Gasteiger partial charge in [0, 0.05) is 41.1 Å². The van der Waals surface area contributed by atoms with E-state index >= 15 is 0 Å². The Hall–Kier alpha value is -4.04. The highest BCUT2D eigenvalue weighted by molar-refractivity contribution is 7.80. The Morgan fingerprint density at radius 2 is 1.88 bits per heavy atom. The van der Waals surface area contributed by atoms with Crippen LogP contribution in [-0.2, 0) is 6.42 Å². The minimum Gasteiger partial charge on any atom is -0.361 e. The number of benzene rings is 2. The molecule has 1 amide bonds. The van der Waals surface area contributed by atoms with Crippen LogP contribution in [0.1, 0.15) is 32.7 Å². The van der Waals surface area contributed by atoms with Crippen LogP contribution in [0, 0.1) is 13.8 Å². The number of aryl methyl sites for hydroxylation is 2. The van der Waals surface area contributed by atoms with Gasteiger partial charge in [-0.3, -0.25) is 15.2 Å². The largest absolute Gasteiger partial charge is 0.361 e. The smallest absolute Gasteiger partial charge is 0.251 e. The van der Waals surface area contributed by atoms with Crippen LogP contribution in [0.2, 0.25) is 0 Å². The van der Waals surface area contributed by atoms with E-state index in [9.17, 15) is 4.79 Å². The maximum Gasteiger partial charge on any atom is 0.251 e. The number of nitrogens with zero attached hydrogens (tertiary/aromatic N) is 2. The van der Waals surface area contributed by atoms with Gasteiger partial charge in [-0.25, -0.2) is 0 Å². The molecule has 2 heterocycles. The molecule has 0 unspecified atom stereocenters. The summed E-state index contributed by atoms with van der Waals surface area (Å²) in [4.78, 5) is 20.0. The summed E-state index contributed by atoms with van der Waals surface area (Å²) < 4.78 is 0. The maximum atomic E-state index is 12.5. The van der Waals surface area contributed by atoms with Crippen LogP contribution in [-0.4, -0.2) is 33.7 Å². The van der Waals surface area contributed by atoms with E-state index < -0.39 is 0 Å². The number of thiocarbonyl (C=S) groups is 1. The number of carbonyl (C=O) groups is 1. The number of amides is 1. The van der Waals surface area contributed by atoms with Gasteiger partial charge in [0.05, 0.1) is 11.9 Å². The molecule has 0 aliphatic carbocycles. The zero-order valence-corrected chi connectivity index (χ0v) is 19.9. The van der Waals surface area contributed by atoms with Crippen LogP contribution in [0.15, 0.2) is 72.1 Å². The minimum atomic E-state index is -0.113. The van der Waals surface area contributed by atoms with Crippen LogP contribution in [0.5, 0.6) is 0 Å². The molecule has 172 valence electrons. The van der Waals surface area contributed by atoms with E-state index in [2.05, 4.69) is 56.3 Å². The quantitative estimate of drug-likeness (QED) is 0.182. The third-order valence-corrected chi connectivity index (χ3v) is 5.50. The van der Waals surface area contributed by atoms with Crippen molar-refractivity contribution in [2.24, 2.45) is 5.10 Å². The molecule has 0 aliphatic rings. The Balaban J connectivity index is 1.24. The second-order valence-corrected chi connectivity index (χ2v) is 8.44. The zero-order chi connectivity index (χ0) is 23.9. The maximum absolute atomic E-state index is 12.5. The summed E-state index contributed by atoms with van der Waals surface area (Å²) in [6, 6.07) is 17.3. The standard InChI is InChI=1S/C26H26N6OS/c1-17-4-10-24-23(13-17)20(15-29-24)11-12-27-25(33)19-5-8-21(9-6-19)31-26(34)32-30-16-22-7-3-18(2)14-28-22/h3-10,13-16,29H,11-12H2,1-2H3,(H,27,33)(H2,31,32,34)/b30-16+. The molecule has 0 bridgehead atoms. The first-order valence-corrected chi connectivity index (χ1v) is 11.4. The van der Waals surface area contributed by atoms with Crippen LogP contribution in [0.4, 0.5) is 5.69 Å². The Labute approximate surface area is 203 Å². The molecular formula is C26H26N6OS. The van der Waals surface area contributed by atoms with Crippen molar-refractivity contribution in [2.75, 3.05) is 11.9 Å². The highest BCUT2D eigenvalue weighted by Crippen LogP contribution is 2.20. The van der Waals surface area contributed by atoms with Crippen LogP contribution < -0.4 is 16.1 Å². The molecule has 2 aromatic carbocycles. The molecule has 0 radical (unpaired) electrons. The molecule has 8 heteroatoms. The first kappa shape index (κ1) is 23.1. The molecule has 0 atom stereocenters. The van der Waals surface area contributed by atoms with Gasteiger partial charge in [0.2, 0.25) is 0 Å². The van der Waals surface area contributed by atoms with Gasteiger partial charge in [-0.15, -0.1) is 0 Å². The van der Waals surface area contributed by atoms with Crippen molar-refractivity contribution in [2.45, 2.75) is 20.3 Å². The third-order valence-electron chi connectivity index (χ3n) is 5.30. The summed E-state index contributed by atoms with van der Waals surface area (Å²) in [5.74, 6) is -0.113. The molecule has 4 aromatic rings. The number of nitrogens with one attached hydrogen (secondary N) is 4. The molecule has 0 saturated heterocycles. The highest BCUT2D eigenvalue weighted by Gasteiger charge is 2.08. The van der Waals surface area contributed by atoms with Crippen LogP contribution in [0.25, 0.3) is 10.9 Å². The first-order chi connectivity index (χ1) is 16.5. The van der Waals surface area contributed by atoms with E-state index in [-0.39, 0.29) is 5.91 Å². The highest BCUT2D eigenvalue weighted by atomic mass is 32.1. The SMILES string of the molecule is Cc1ccc(/C=N/NC(=S)Nc2ccc(C(=O)NCCc3c[nH]c4ccc(C)cc34)cc2)nc1. The number of aromatic nitrogens is 2. The molecule has 4 N–H and O–H groups in total. The molecule has 2 aromatic heterocycles. The molecule has 34 heavy (non-hydrogen) atoms. The lowest BCUT2D eigenvalue weighted by atomic mass is 10.1. The molecule has 4 rings (SSSR count). The van der Waals surface area contributed by atoms with E-state index in [4.69, 9.17) is 12.2 Å². The number of aromatic amines is 1. The summed E-state index contributed by atoms with van der Waals surface area (Å²) in [6.07, 6.45) is 6.14. The summed E-state index contributed by atoms with van der Waals surface area (Å²) in [6.45, 7) is 4.61. The summed E-state index contributed by atoms with van der Waals surface area (Å²) in [5, 5.41) is 11.7. The first-order valence-electron chi connectivity index (χ1n) is 11.0. The van der Waals surface area contributed by atoms with Gasteiger partial charge in [-0.2, -0.15) is 5.10 Å². The molecular weight excluding hydrogens is 444 g/mol.